The first-order valence-corrected chi connectivity index (χ1v) is 13.8. The number of sulfonamides is 1. The molecule has 194 valence electrons. The van der Waals surface area contributed by atoms with Gasteiger partial charge in [0, 0.05) is 35.3 Å². The van der Waals surface area contributed by atoms with E-state index in [2.05, 4.69) is 34.1 Å². The maximum atomic E-state index is 13.0. The number of hydrogen-bond acceptors (Lipinski definition) is 6. The standard InChI is InChI=1S/C29H30N6O2S/c1-20(21-11-7-5-8-12-21)31-28-26-25(22-13-9-6-10-14-22)15-16-35(26)33-27(32-28)23-17-24(19-30-18-23)38(36,37)34-29(2,3)4/h5-20,34H,1-4H3,(H,31,32,33). The number of hydrogen-bond donors (Lipinski definition) is 2. The number of rotatable bonds is 7. The summed E-state index contributed by atoms with van der Waals surface area (Å²) in [6.07, 6.45) is 4.79. The largest absolute Gasteiger partial charge is 0.362 e. The van der Waals surface area contributed by atoms with Gasteiger partial charge in [-0.25, -0.2) is 22.6 Å². The van der Waals surface area contributed by atoms with E-state index >= 15 is 0 Å². The average Bonchev–Trinajstić information content (AvgIpc) is 3.33. The van der Waals surface area contributed by atoms with Crippen molar-refractivity contribution in [3.63, 3.8) is 0 Å². The van der Waals surface area contributed by atoms with E-state index in [-0.39, 0.29) is 10.9 Å². The van der Waals surface area contributed by atoms with Crippen molar-refractivity contribution >= 4 is 21.4 Å². The highest BCUT2D eigenvalue weighted by Gasteiger charge is 2.24. The molecular formula is C29H30N6O2S. The van der Waals surface area contributed by atoms with Gasteiger partial charge in [-0.15, -0.1) is 5.10 Å². The monoisotopic (exact) mass is 526 g/mol. The first-order valence-electron chi connectivity index (χ1n) is 12.4. The SMILES string of the molecule is CC(Nc1nc(-c2cncc(S(=O)(=O)NC(C)(C)C)c2)nn2ccc(-c3ccccc3)c12)c1ccccc1. The van der Waals surface area contributed by atoms with Crippen LogP contribution in [0.2, 0.25) is 0 Å². The average molecular weight is 527 g/mol. The molecule has 0 fully saturated rings. The van der Waals surface area contributed by atoms with Crippen molar-refractivity contribution in [2.45, 2.75) is 44.2 Å². The van der Waals surface area contributed by atoms with Crippen molar-refractivity contribution in [1.82, 2.24) is 24.3 Å². The van der Waals surface area contributed by atoms with Crippen LogP contribution in [0.1, 0.15) is 39.3 Å². The Bertz CT molecular complexity index is 1680. The third-order valence-corrected chi connectivity index (χ3v) is 7.70. The van der Waals surface area contributed by atoms with Crippen LogP contribution in [0.4, 0.5) is 5.82 Å². The highest BCUT2D eigenvalue weighted by Crippen LogP contribution is 2.33. The fraction of sp³-hybridized carbons (Fsp3) is 0.207. The molecule has 0 bridgehead atoms. The number of nitrogens with one attached hydrogen (secondary N) is 2. The van der Waals surface area contributed by atoms with Gasteiger partial charge in [0.2, 0.25) is 10.0 Å². The zero-order valence-electron chi connectivity index (χ0n) is 21.8. The molecule has 0 aliphatic heterocycles. The number of benzene rings is 2. The Labute approximate surface area is 222 Å². The number of fused-ring (bicyclic) bond motifs is 1. The maximum Gasteiger partial charge on any atom is 0.242 e. The molecule has 5 aromatic rings. The van der Waals surface area contributed by atoms with Gasteiger partial charge in [-0.2, -0.15) is 0 Å². The van der Waals surface area contributed by atoms with E-state index < -0.39 is 15.6 Å². The first kappa shape index (κ1) is 25.6. The van der Waals surface area contributed by atoms with Gasteiger partial charge in [0.05, 0.1) is 6.04 Å². The topological polar surface area (TPSA) is 101 Å². The van der Waals surface area contributed by atoms with E-state index in [0.29, 0.717) is 17.2 Å². The molecule has 0 saturated heterocycles. The van der Waals surface area contributed by atoms with E-state index in [1.165, 1.54) is 6.20 Å². The highest BCUT2D eigenvalue weighted by atomic mass is 32.2. The molecule has 0 radical (unpaired) electrons. The minimum atomic E-state index is -3.78. The Kier molecular flexibility index (Phi) is 6.73. The van der Waals surface area contributed by atoms with E-state index in [9.17, 15) is 8.42 Å². The van der Waals surface area contributed by atoms with Crippen LogP contribution in [0.5, 0.6) is 0 Å². The molecule has 0 amide bonds. The quantitative estimate of drug-likeness (QED) is 0.282. The summed E-state index contributed by atoms with van der Waals surface area (Å²) in [7, 11) is -3.78. The van der Waals surface area contributed by atoms with Gasteiger partial charge in [0.25, 0.3) is 0 Å². The molecule has 0 aliphatic carbocycles. The summed E-state index contributed by atoms with van der Waals surface area (Å²) in [5.41, 5.74) is 3.84. The van der Waals surface area contributed by atoms with Crippen molar-refractivity contribution in [2.75, 3.05) is 5.32 Å². The van der Waals surface area contributed by atoms with Crippen molar-refractivity contribution in [1.29, 1.82) is 0 Å². The second-order valence-corrected chi connectivity index (χ2v) is 11.9. The summed E-state index contributed by atoms with van der Waals surface area (Å²) in [5, 5.41) is 8.30. The normalized spacial score (nSPS) is 12.9. The number of anilines is 1. The van der Waals surface area contributed by atoms with Crippen LogP contribution >= 0.6 is 0 Å². The van der Waals surface area contributed by atoms with Gasteiger partial charge in [0.1, 0.15) is 10.4 Å². The molecule has 3 aromatic heterocycles. The molecule has 3 heterocycles. The van der Waals surface area contributed by atoms with Crippen LogP contribution in [-0.2, 0) is 10.0 Å². The number of aromatic nitrogens is 4. The van der Waals surface area contributed by atoms with E-state index in [1.54, 1.807) is 37.5 Å². The third-order valence-electron chi connectivity index (χ3n) is 5.97. The molecule has 1 atom stereocenters. The van der Waals surface area contributed by atoms with Crippen LogP contribution in [0.25, 0.3) is 28.0 Å². The smallest absolute Gasteiger partial charge is 0.242 e. The van der Waals surface area contributed by atoms with Crippen molar-refractivity contribution in [3.8, 4) is 22.5 Å². The lowest BCUT2D eigenvalue weighted by atomic mass is 10.1. The molecule has 2 aromatic carbocycles. The lowest BCUT2D eigenvalue weighted by Gasteiger charge is -2.20. The zero-order valence-corrected chi connectivity index (χ0v) is 22.6. The van der Waals surface area contributed by atoms with E-state index in [0.717, 1.165) is 22.2 Å². The Morgan fingerprint density at radius 3 is 2.26 bits per heavy atom. The predicted octanol–water partition coefficient (Wildman–Crippen LogP) is 5.71. The number of nitrogens with zero attached hydrogens (tertiary/aromatic N) is 4. The molecular weight excluding hydrogens is 496 g/mol. The van der Waals surface area contributed by atoms with Crippen molar-refractivity contribution in [2.24, 2.45) is 0 Å². The van der Waals surface area contributed by atoms with Gasteiger partial charge in [0.15, 0.2) is 11.6 Å². The zero-order chi connectivity index (χ0) is 26.9. The summed E-state index contributed by atoms with van der Waals surface area (Å²) >= 11 is 0. The second-order valence-electron chi connectivity index (χ2n) is 10.2. The molecule has 38 heavy (non-hydrogen) atoms. The predicted molar refractivity (Wildman–Crippen MR) is 150 cm³/mol. The highest BCUT2D eigenvalue weighted by molar-refractivity contribution is 7.89. The molecule has 0 spiro atoms. The first-order chi connectivity index (χ1) is 18.1. The molecule has 0 saturated carbocycles. The van der Waals surface area contributed by atoms with Gasteiger partial charge in [-0.3, -0.25) is 4.98 Å². The summed E-state index contributed by atoms with van der Waals surface area (Å²) < 4.78 is 30.4. The minimum Gasteiger partial charge on any atom is -0.362 e. The second kappa shape index (κ2) is 10.00. The van der Waals surface area contributed by atoms with Crippen LogP contribution in [-0.4, -0.2) is 33.5 Å². The van der Waals surface area contributed by atoms with Crippen molar-refractivity contribution < 1.29 is 8.42 Å². The van der Waals surface area contributed by atoms with Crippen LogP contribution < -0.4 is 10.0 Å². The Hall–Kier alpha value is -4.08. The van der Waals surface area contributed by atoms with Gasteiger partial charge in [-0.05, 0) is 51.0 Å². The molecule has 0 aliphatic rings. The molecule has 5 rings (SSSR count). The van der Waals surface area contributed by atoms with Gasteiger partial charge < -0.3 is 5.32 Å². The van der Waals surface area contributed by atoms with Crippen LogP contribution in [0, 0.1) is 0 Å². The molecule has 9 heteroatoms. The van der Waals surface area contributed by atoms with E-state index in [1.807, 2.05) is 60.8 Å². The summed E-state index contributed by atoms with van der Waals surface area (Å²) in [5.74, 6) is 0.993. The van der Waals surface area contributed by atoms with Crippen LogP contribution in [0.15, 0.2) is 96.3 Å². The summed E-state index contributed by atoms with van der Waals surface area (Å²) in [6, 6.07) is 23.7. The maximum absolute atomic E-state index is 13.0. The van der Waals surface area contributed by atoms with Crippen molar-refractivity contribution in [3.05, 3.63) is 97.0 Å². The summed E-state index contributed by atoms with van der Waals surface area (Å²) in [6.45, 7) is 7.45. The van der Waals surface area contributed by atoms with Gasteiger partial charge >= 0.3 is 0 Å². The third kappa shape index (κ3) is 5.44. The fourth-order valence-corrected chi connectivity index (χ4v) is 5.68. The molecule has 1 unspecified atom stereocenters. The van der Waals surface area contributed by atoms with Crippen LogP contribution in [0.3, 0.4) is 0 Å². The van der Waals surface area contributed by atoms with Gasteiger partial charge in [-0.1, -0.05) is 60.7 Å². The summed E-state index contributed by atoms with van der Waals surface area (Å²) in [4.78, 5) is 9.15. The Morgan fingerprint density at radius 1 is 0.895 bits per heavy atom. The Balaban J connectivity index is 1.63. The minimum absolute atomic E-state index is 0.0397. The van der Waals surface area contributed by atoms with E-state index in [4.69, 9.17) is 10.1 Å². The fourth-order valence-electron chi connectivity index (χ4n) is 4.28. The Morgan fingerprint density at radius 2 is 1.58 bits per heavy atom. The number of pyridine rings is 1. The molecule has 2 N–H and O–H groups in total. The lowest BCUT2D eigenvalue weighted by molar-refractivity contribution is 0.491. The lowest BCUT2D eigenvalue weighted by Crippen LogP contribution is -2.40. The molecule has 8 nitrogen and oxygen atoms in total.